The van der Waals surface area contributed by atoms with E-state index < -0.39 is 5.97 Å². The number of amides is 1. The molecule has 0 fully saturated rings. The zero-order valence-electron chi connectivity index (χ0n) is 13.0. The highest BCUT2D eigenvalue weighted by Gasteiger charge is 2.31. The molecule has 0 aromatic heterocycles. The van der Waals surface area contributed by atoms with E-state index in [-0.39, 0.29) is 34.2 Å². The molecule has 0 saturated heterocycles. The smallest absolute Gasteiger partial charge is 0.340 e. The van der Waals surface area contributed by atoms with Crippen molar-refractivity contribution in [3.05, 3.63) is 63.6 Å². The van der Waals surface area contributed by atoms with Gasteiger partial charge in [0, 0.05) is 11.7 Å². The fourth-order valence-electron chi connectivity index (χ4n) is 2.88. The Kier molecular flexibility index (Phi) is 4.78. The number of hydrogen-bond acceptors (Lipinski definition) is 3. The zero-order chi connectivity index (χ0) is 17.3. The maximum Gasteiger partial charge on any atom is 0.340 e. The molecule has 1 aliphatic heterocycles. The average Bonchev–Trinajstić information content (AvgIpc) is 2.90. The van der Waals surface area contributed by atoms with Crippen LogP contribution in [0.1, 0.15) is 22.8 Å². The number of para-hydroxylation sites is 1. The second-order valence-electron chi connectivity index (χ2n) is 5.62. The highest BCUT2D eigenvalue weighted by Crippen LogP contribution is 2.32. The Balaban J connectivity index is 1.70. The van der Waals surface area contributed by atoms with Crippen LogP contribution in [0.15, 0.2) is 42.5 Å². The molecule has 1 aliphatic rings. The molecule has 0 N–H and O–H groups in total. The lowest BCUT2D eigenvalue weighted by atomic mass is 10.1. The number of halogens is 2. The van der Waals surface area contributed by atoms with Crippen molar-refractivity contribution < 1.29 is 14.3 Å². The van der Waals surface area contributed by atoms with Gasteiger partial charge in [0.15, 0.2) is 6.61 Å². The van der Waals surface area contributed by atoms with Gasteiger partial charge in [-0.15, -0.1) is 0 Å². The largest absolute Gasteiger partial charge is 0.452 e. The molecule has 0 bridgehead atoms. The number of carbonyl (C=O) groups excluding carboxylic acids is 2. The predicted molar refractivity (Wildman–Crippen MR) is 93.8 cm³/mol. The maximum absolute atomic E-state index is 12.5. The number of esters is 1. The first-order valence-electron chi connectivity index (χ1n) is 7.50. The Labute approximate surface area is 149 Å². The normalized spacial score (nSPS) is 16.0. The van der Waals surface area contributed by atoms with Crippen LogP contribution in [0.5, 0.6) is 0 Å². The number of nitrogens with zero attached hydrogens (tertiary/aromatic N) is 1. The molecule has 0 spiro atoms. The summed E-state index contributed by atoms with van der Waals surface area (Å²) in [4.78, 5) is 26.3. The minimum absolute atomic E-state index is 0.0309. The van der Waals surface area contributed by atoms with Crippen molar-refractivity contribution in [3.63, 3.8) is 0 Å². The molecule has 2 aromatic rings. The van der Waals surface area contributed by atoms with Crippen LogP contribution in [-0.2, 0) is 16.0 Å². The van der Waals surface area contributed by atoms with Gasteiger partial charge in [0.2, 0.25) is 0 Å². The molecule has 0 aliphatic carbocycles. The predicted octanol–water partition coefficient (Wildman–Crippen LogP) is 4.13. The summed E-state index contributed by atoms with van der Waals surface area (Å²) in [6.45, 7) is 1.62. The molecule has 0 saturated carbocycles. The van der Waals surface area contributed by atoms with Gasteiger partial charge in [-0.25, -0.2) is 4.79 Å². The number of ether oxygens (including phenoxy) is 1. The molecule has 4 nitrogen and oxygen atoms in total. The lowest BCUT2D eigenvalue weighted by Crippen LogP contribution is -2.38. The summed E-state index contributed by atoms with van der Waals surface area (Å²) in [5.41, 5.74) is 2.13. The van der Waals surface area contributed by atoms with E-state index >= 15 is 0 Å². The van der Waals surface area contributed by atoms with E-state index in [1.807, 2.05) is 31.2 Å². The van der Waals surface area contributed by atoms with Gasteiger partial charge in [0.25, 0.3) is 5.91 Å². The summed E-state index contributed by atoms with van der Waals surface area (Å²) in [5, 5.41) is 0.385. The molecular formula is C18H15Cl2NO3. The van der Waals surface area contributed by atoms with E-state index in [0.717, 1.165) is 17.7 Å². The Morgan fingerprint density at radius 2 is 1.92 bits per heavy atom. The molecule has 0 radical (unpaired) electrons. The second kappa shape index (κ2) is 6.83. The van der Waals surface area contributed by atoms with Crippen molar-refractivity contribution in [1.29, 1.82) is 0 Å². The Morgan fingerprint density at radius 1 is 1.17 bits per heavy atom. The van der Waals surface area contributed by atoms with E-state index in [9.17, 15) is 9.59 Å². The molecule has 3 rings (SSSR count). The van der Waals surface area contributed by atoms with Crippen LogP contribution < -0.4 is 4.90 Å². The van der Waals surface area contributed by atoms with E-state index in [1.54, 1.807) is 17.0 Å². The van der Waals surface area contributed by atoms with E-state index in [4.69, 9.17) is 27.9 Å². The molecule has 6 heteroatoms. The molecule has 1 heterocycles. The first-order chi connectivity index (χ1) is 11.5. The van der Waals surface area contributed by atoms with Crippen molar-refractivity contribution in [3.8, 4) is 0 Å². The number of anilines is 1. The Morgan fingerprint density at radius 3 is 2.71 bits per heavy atom. The summed E-state index contributed by atoms with van der Waals surface area (Å²) < 4.78 is 5.13. The third kappa shape index (κ3) is 3.12. The van der Waals surface area contributed by atoms with Gasteiger partial charge in [-0.3, -0.25) is 4.79 Å². The quantitative estimate of drug-likeness (QED) is 0.770. The SMILES string of the molecule is CC1Cc2ccccc2N1C(=O)COC(=O)c1cccc(Cl)c1Cl. The van der Waals surface area contributed by atoms with Crippen molar-refractivity contribution in [2.24, 2.45) is 0 Å². The monoisotopic (exact) mass is 363 g/mol. The molecule has 124 valence electrons. The van der Waals surface area contributed by atoms with Crippen LogP contribution in [0.4, 0.5) is 5.69 Å². The highest BCUT2D eigenvalue weighted by atomic mass is 35.5. The van der Waals surface area contributed by atoms with Crippen molar-refractivity contribution in [2.75, 3.05) is 11.5 Å². The van der Waals surface area contributed by atoms with Crippen LogP contribution in [-0.4, -0.2) is 24.5 Å². The number of hydrogen-bond donors (Lipinski definition) is 0. The summed E-state index contributed by atoms with van der Waals surface area (Å²) >= 11 is 11.9. The van der Waals surface area contributed by atoms with Gasteiger partial charge < -0.3 is 9.64 Å². The van der Waals surface area contributed by atoms with Crippen LogP contribution in [0.3, 0.4) is 0 Å². The van der Waals surface area contributed by atoms with Crippen molar-refractivity contribution in [1.82, 2.24) is 0 Å². The number of carbonyl (C=O) groups is 2. The maximum atomic E-state index is 12.5. The molecule has 1 unspecified atom stereocenters. The topological polar surface area (TPSA) is 46.6 Å². The Bertz CT molecular complexity index is 807. The van der Waals surface area contributed by atoms with Gasteiger partial charge in [0.05, 0.1) is 15.6 Å². The number of fused-ring (bicyclic) bond motifs is 1. The van der Waals surface area contributed by atoms with E-state index in [2.05, 4.69) is 0 Å². The fourth-order valence-corrected chi connectivity index (χ4v) is 3.26. The van der Waals surface area contributed by atoms with Crippen LogP contribution in [0.2, 0.25) is 10.0 Å². The first kappa shape index (κ1) is 16.8. The average molecular weight is 364 g/mol. The molecule has 24 heavy (non-hydrogen) atoms. The summed E-state index contributed by atoms with van der Waals surface area (Å²) in [7, 11) is 0. The van der Waals surface area contributed by atoms with Gasteiger partial charge in [0.1, 0.15) is 0 Å². The lowest BCUT2D eigenvalue weighted by Gasteiger charge is -2.22. The third-order valence-corrected chi connectivity index (χ3v) is 4.79. The third-order valence-electron chi connectivity index (χ3n) is 3.97. The van der Waals surface area contributed by atoms with Gasteiger partial charge in [-0.2, -0.15) is 0 Å². The van der Waals surface area contributed by atoms with Crippen LogP contribution in [0, 0.1) is 0 Å². The van der Waals surface area contributed by atoms with Crippen molar-refractivity contribution in [2.45, 2.75) is 19.4 Å². The van der Waals surface area contributed by atoms with Gasteiger partial charge >= 0.3 is 5.97 Å². The van der Waals surface area contributed by atoms with E-state index in [0.29, 0.717) is 0 Å². The minimum Gasteiger partial charge on any atom is -0.452 e. The summed E-state index contributed by atoms with van der Waals surface area (Å²) in [6.07, 6.45) is 0.788. The molecule has 1 atom stereocenters. The van der Waals surface area contributed by atoms with Crippen LogP contribution >= 0.6 is 23.2 Å². The van der Waals surface area contributed by atoms with Crippen LogP contribution in [0.25, 0.3) is 0 Å². The Hall–Kier alpha value is -2.04. The summed E-state index contributed by atoms with van der Waals surface area (Å²) in [5.74, 6) is -0.935. The first-order valence-corrected chi connectivity index (χ1v) is 8.25. The number of benzene rings is 2. The lowest BCUT2D eigenvalue weighted by molar-refractivity contribution is -0.122. The minimum atomic E-state index is -0.670. The van der Waals surface area contributed by atoms with Gasteiger partial charge in [-0.05, 0) is 37.1 Å². The molecular weight excluding hydrogens is 349 g/mol. The standard InChI is InChI=1S/C18H15Cl2NO3/c1-11-9-12-5-2-3-8-15(12)21(11)16(22)10-24-18(23)13-6-4-7-14(19)17(13)20/h2-8,11H,9-10H2,1H3. The molecule has 1 amide bonds. The number of rotatable bonds is 3. The van der Waals surface area contributed by atoms with Crippen molar-refractivity contribution >= 4 is 40.8 Å². The highest BCUT2D eigenvalue weighted by molar-refractivity contribution is 6.43. The molecule has 2 aromatic carbocycles. The van der Waals surface area contributed by atoms with Gasteiger partial charge in [-0.1, -0.05) is 47.5 Å². The summed E-state index contributed by atoms with van der Waals surface area (Å²) in [6, 6.07) is 12.4. The fraction of sp³-hybridized carbons (Fsp3) is 0.222. The zero-order valence-corrected chi connectivity index (χ0v) is 14.5. The van der Waals surface area contributed by atoms with E-state index in [1.165, 1.54) is 6.07 Å². The second-order valence-corrected chi connectivity index (χ2v) is 6.41.